The lowest BCUT2D eigenvalue weighted by atomic mass is 10.0. The zero-order chi connectivity index (χ0) is 14.5. The van der Waals surface area contributed by atoms with Crippen molar-refractivity contribution in [3.05, 3.63) is 10.4 Å². The van der Waals surface area contributed by atoms with E-state index in [1.165, 1.54) is 50.5 Å². The Morgan fingerprint density at radius 2 is 2.10 bits per heavy atom. The zero-order valence-electron chi connectivity index (χ0n) is 12.5. The molecule has 0 amide bonds. The van der Waals surface area contributed by atoms with Crippen molar-refractivity contribution in [2.45, 2.75) is 70.8 Å². The fourth-order valence-electron chi connectivity index (χ4n) is 2.70. The molecule has 1 aliphatic rings. The molecule has 20 heavy (non-hydrogen) atoms. The molecule has 1 heterocycles. The van der Waals surface area contributed by atoms with Gasteiger partial charge in [-0.3, -0.25) is 0 Å². The Balaban J connectivity index is 2.16. The molecule has 1 atom stereocenters. The second-order valence-corrected chi connectivity index (χ2v) is 6.77. The molecule has 110 valence electrons. The molecule has 0 radical (unpaired) electrons. The number of hydrogen-bond donors (Lipinski definition) is 2. The summed E-state index contributed by atoms with van der Waals surface area (Å²) in [5.74, 6) is 0.587. The first-order valence-electron chi connectivity index (χ1n) is 7.80. The first-order valence-corrected chi connectivity index (χ1v) is 8.61. The summed E-state index contributed by atoms with van der Waals surface area (Å²) in [7, 11) is 0. The van der Waals surface area contributed by atoms with Gasteiger partial charge in [0.25, 0.3) is 0 Å². The second kappa shape index (κ2) is 6.99. The lowest BCUT2D eigenvalue weighted by Crippen LogP contribution is -2.19. The molecule has 1 aromatic heterocycles. The predicted molar refractivity (Wildman–Crippen MR) is 87.3 cm³/mol. The van der Waals surface area contributed by atoms with E-state index in [1.807, 2.05) is 0 Å². The average Bonchev–Trinajstić information content (AvgIpc) is 3.22. The van der Waals surface area contributed by atoms with Gasteiger partial charge in [-0.05, 0) is 31.6 Å². The molecule has 1 saturated carbocycles. The molecule has 4 heteroatoms. The van der Waals surface area contributed by atoms with E-state index in [0.29, 0.717) is 16.8 Å². The molecular formula is C16H25N3S. The minimum atomic E-state index is 0.516. The van der Waals surface area contributed by atoms with Crippen molar-refractivity contribution in [1.29, 1.82) is 5.26 Å². The Kier molecular flexibility index (Phi) is 5.31. The maximum Gasteiger partial charge on any atom is 0.130 e. The number of anilines is 2. The minimum Gasteiger partial charge on any atom is -0.397 e. The van der Waals surface area contributed by atoms with Crippen LogP contribution in [0.5, 0.6) is 0 Å². The number of unbranched alkanes of at least 4 members (excludes halogenated alkanes) is 1. The zero-order valence-corrected chi connectivity index (χ0v) is 13.4. The van der Waals surface area contributed by atoms with Crippen LogP contribution in [0, 0.1) is 11.3 Å². The third-order valence-electron chi connectivity index (χ3n) is 3.95. The van der Waals surface area contributed by atoms with E-state index >= 15 is 0 Å². The molecule has 1 unspecified atom stereocenters. The first-order chi connectivity index (χ1) is 9.71. The summed E-state index contributed by atoms with van der Waals surface area (Å²) in [6.07, 6.45) is 8.49. The smallest absolute Gasteiger partial charge is 0.130 e. The molecule has 0 bridgehead atoms. The molecule has 1 fully saturated rings. The molecule has 3 N–H and O–H groups in total. The number of nitriles is 1. The van der Waals surface area contributed by atoms with Crippen molar-refractivity contribution in [2.24, 2.45) is 0 Å². The van der Waals surface area contributed by atoms with Crippen LogP contribution in [-0.4, -0.2) is 6.04 Å². The number of hydrogen-bond acceptors (Lipinski definition) is 4. The molecule has 0 aromatic carbocycles. The van der Waals surface area contributed by atoms with E-state index < -0.39 is 0 Å². The minimum absolute atomic E-state index is 0.516. The highest BCUT2D eigenvalue weighted by molar-refractivity contribution is 7.17. The molecular weight excluding hydrogens is 266 g/mol. The van der Waals surface area contributed by atoms with E-state index in [1.54, 1.807) is 11.3 Å². The van der Waals surface area contributed by atoms with Crippen LogP contribution in [0.2, 0.25) is 0 Å². The van der Waals surface area contributed by atoms with Crippen LogP contribution < -0.4 is 11.1 Å². The number of thiophene rings is 1. The quantitative estimate of drug-likeness (QED) is 0.719. The van der Waals surface area contributed by atoms with E-state index in [-0.39, 0.29) is 0 Å². The van der Waals surface area contributed by atoms with Crippen LogP contribution in [0.3, 0.4) is 0 Å². The fraction of sp³-hybridized carbons (Fsp3) is 0.688. The van der Waals surface area contributed by atoms with Crippen LogP contribution in [-0.2, 0) is 0 Å². The summed E-state index contributed by atoms with van der Waals surface area (Å²) >= 11 is 1.54. The van der Waals surface area contributed by atoms with Gasteiger partial charge in [0.05, 0.1) is 10.7 Å². The van der Waals surface area contributed by atoms with Gasteiger partial charge in [0.2, 0.25) is 0 Å². The Bertz CT molecular complexity index is 483. The van der Waals surface area contributed by atoms with Gasteiger partial charge in [0.1, 0.15) is 10.9 Å². The molecule has 1 aliphatic carbocycles. The van der Waals surface area contributed by atoms with Gasteiger partial charge in [-0.15, -0.1) is 11.3 Å². The molecule has 3 nitrogen and oxygen atoms in total. The highest BCUT2D eigenvalue weighted by Gasteiger charge is 2.32. The van der Waals surface area contributed by atoms with Gasteiger partial charge in [0.15, 0.2) is 0 Å². The van der Waals surface area contributed by atoms with Gasteiger partial charge >= 0.3 is 0 Å². The topological polar surface area (TPSA) is 61.8 Å². The maximum absolute atomic E-state index is 9.19. The molecule has 1 aromatic rings. The van der Waals surface area contributed by atoms with Gasteiger partial charge in [0, 0.05) is 11.6 Å². The number of nitrogens with two attached hydrogens (primary N) is 1. The van der Waals surface area contributed by atoms with Gasteiger partial charge in [-0.2, -0.15) is 5.26 Å². The van der Waals surface area contributed by atoms with E-state index in [4.69, 9.17) is 5.73 Å². The summed E-state index contributed by atoms with van der Waals surface area (Å²) in [4.78, 5) is 0.681. The third-order valence-corrected chi connectivity index (χ3v) is 5.01. The van der Waals surface area contributed by atoms with Crippen molar-refractivity contribution in [3.8, 4) is 6.07 Å². The van der Waals surface area contributed by atoms with E-state index in [0.717, 1.165) is 10.7 Å². The SMILES string of the molecule is CCCCC(CCC)Nc1sc(C#N)c(N)c1C1CC1. The van der Waals surface area contributed by atoms with Gasteiger partial charge in [-0.25, -0.2) is 0 Å². The Hall–Kier alpha value is -1.21. The lowest BCUT2D eigenvalue weighted by Gasteiger charge is -2.19. The maximum atomic E-state index is 9.19. The van der Waals surface area contributed by atoms with Crippen LogP contribution >= 0.6 is 11.3 Å². The van der Waals surface area contributed by atoms with E-state index in [2.05, 4.69) is 25.2 Å². The summed E-state index contributed by atoms with van der Waals surface area (Å²) in [5, 5.41) is 14.0. The van der Waals surface area contributed by atoms with Crippen LogP contribution in [0.15, 0.2) is 0 Å². The van der Waals surface area contributed by atoms with Crippen molar-refractivity contribution in [2.75, 3.05) is 11.1 Å². The normalized spacial score (nSPS) is 15.8. The largest absolute Gasteiger partial charge is 0.397 e. The number of nitrogens with zero attached hydrogens (tertiary/aromatic N) is 1. The van der Waals surface area contributed by atoms with Crippen LogP contribution in [0.1, 0.15) is 75.2 Å². The fourth-order valence-corrected chi connectivity index (χ4v) is 3.78. The number of nitrogens with one attached hydrogen (secondary N) is 1. The molecule has 0 aliphatic heterocycles. The first kappa shape index (κ1) is 15.2. The van der Waals surface area contributed by atoms with Crippen molar-refractivity contribution in [3.63, 3.8) is 0 Å². The molecule has 0 saturated heterocycles. The van der Waals surface area contributed by atoms with Crippen molar-refractivity contribution >= 4 is 22.0 Å². The van der Waals surface area contributed by atoms with Gasteiger partial charge in [-0.1, -0.05) is 33.1 Å². The number of rotatable bonds is 8. The summed E-state index contributed by atoms with van der Waals surface area (Å²) in [6.45, 7) is 4.46. The van der Waals surface area contributed by atoms with Crippen LogP contribution in [0.4, 0.5) is 10.7 Å². The van der Waals surface area contributed by atoms with Crippen LogP contribution in [0.25, 0.3) is 0 Å². The van der Waals surface area contributed by atoms with Gasteiger partial charge < -0.3 is 11.1 Å². The number of nitrogen functional groups attached to an aromatic ring is 1. The highest BCUT2D eigenvalue weighted by atomic mass is 32.1. The predicted octanol–water partition coefficient (Wildman–Crippen LogP) is 4.85. The lowest BCUT2D eigenvalue weighted by molar-refractivity contribution is 0.565. The highest BCUT2D eigenvalue weighted by Crippen LogP contribution is 2.50. The monoisotopic (exact) mass is 291 g/mol. The second-order valence-electron chi connectivity index (χ2n) is 5.75. The Morgan fingerprint density at radius 3 is 2.65 bits per heavy atom. The summed E-state index contributed by atoms with van der Waals surface area (Å²) < 4.78 is 0. The molecule has 2 rings (SSSR count). The summed E-state index contributed by atoms with van der Waals surface area (Å²) in [5.41, 5.74) is 8.11. The summed E-state index contributed by atoms with van der Waals surface area (Å²) in [6, 6.07) is 2.76. The van der Waals surface area contributed by atoms with E-state index in [9.17, 15) is 5.26 Å². The standard InChI is InChI=1S/C16H25N3S/c1-3-5-7-12(6-4-2)19-16-14(11-8-9-11)15(18)13(10-17)20-16/h11-12,19H,3-9,18H2,1-2H3. The van der Waals surface area contributed by atoms with Crippen molar-refractivity contribution < 1.29 is 0 Å². The third kappa shape index (κ3) is 3.46. The Morgan fingerprint density at radius 1 is 1.35 bits per heavy atom. The Labute approximate surface area is 126 Å². The van der Waals surface area contributed by atoms with Crippen molar-refractivity contribution in [1.82, 2.24) is 0 Å². The molecule has 0 spiro atoms. The average molecular weight is 291 g/mol.